The maximum absolute atomic E-state index is 12.6. The molecule has 2 atom stereocenters. The fourth-order valence-corrected chi connectivity index (χ4v) is 12.8. The Labute approximate surface area is 533 Å². The summed E-state index contributed by atoms with van der Waals surface area (Å²) in [6, 6.07) is -0.539. The van der Waals surface area contributed by atoms with Gasteiger partial charge in [-0.2, -0.15) is 0 Å². The molecule has 0 aromatic carbocycles. The average Bonchev–Trinajstić information content (AvgIpc) is 3.51. The van der Waals surface area contributed by atoms with Gasteiger partial charge in [-0.3, -0.25) is 9.59 Å². The lowest BCUT2D eigenvalue weighted by atomic mass is 10.0. The lowest BCUT2D eigenvalue weighted by Gasteiger charge is -2.22. The van der Waals surface area contributed by atoms with Crippen LogP contribution in [-0.4, -0.2) is 47.4 Å². The van der Waals surface area contributed by atoms with Gasteiger partial charge in [-0.15, -0.1) is 0 Å². The summed E-state index contributed by atoms with van der Waals surface area (Å²) in [5.41, 5.74) is 0. The molecule has 0 rings (SSSR count). The van der Waals surface area contributed by atoms with Crippen LogP contribution >= 0.6 is 0 Å². The molecule has 506 valence electrons. The Hall–Kier alpha value is -1.40. The average molecular weight is 1200 g/mol. The van der Waals surface area contributed by atoms with Crippen molar-refractivity contribution in [1.82, 2.24) is 5.32 Å². The van der Waals surface area contributed by atoms with Gasteiger partial charge in [0.1, 0.15) is 0 Å². The molecule has 0 fully saturated rings. The molecule has 0 radical (unpaired) electrons. The van der Waals surface area contributed by atoms with Gasteiger partial charge in [0.25, 0.3) is 0 Å². The highest BCUT2D eigenvalue weighted by Crippen LogP contribution is 2.20. The number of allylic oxidation sites excluding steroid dienone is 2. The number of carbonyl (C=O) groups excluding carboxylic acids is 2. The van der Waals surface area contributed by atoms with Crippen molar-refractivity contribution >= 4 is 11.9 Å². The molecule has 0 aromatic heterocycles. The van der Waals surface area contributed by atoms with Crippen LogP contribution in [0.25, 0.3) is 0 Å². The summed E-state index contributed by atoms with van der Waals surface area (Å²) in [5, 5.41) is 23.5. The summed E-state index contributed by atoms with van der Waals surface area (Å²) < 4.78 is 5.49. The Balaban J connectivity index is 3.33. The fraction of sp³-hybridized carbons (Fsp3) is 0.949. The zero-order valence-electron chi connectivity index (χ0n) is 58.1. The van der Waals surface area contributed by atoms with Gasteiger partial charge in [0, 0.05) is 12.8 Å². The van der Waals surface area contributed by atoms with Gasteiger partial charge in [-0.25, -0.2) is 0 Å². The number of rotatable bonds is 75. The van der Waals surface area contributed by atoms with Crippen molar-refractivity contribution in [3.8, 4) is 0 Å². The quantitative estimate of drug-likeness (QED) is 0.0320. The molecule has 0 bridgehead atoms. The first-order valence-corrected chi connectivity index (χ1v) is 39.4. The summed E-state index contributed by atoms with van der Waals surface area (Å²) in [5.74, 6) is -0.0114. The van der Waals surface area contributed by atoms with E-state index >= 15 is 0 Å². The topological polar surface area (TPSA) is 95.9 Å². The monoisotopic (exact) mass is 1200 g/mol. The predicted octanol–water partition coefficient (Wildman–Crippen LogP) is 25.9. The molecule has 0 spiro atoms. The zero-order valence-corrected chi connectivity index (χ0v) is 58.1. The van der Waals surface area contributed by atoms with Gasteiger partial charge < -0.3 is 20.3 Å². The molecule has 0 saturated heterocycles. The molecule has 1 amide bonds. The molecule has 0 aliphatic carbocycles. The number of hydrogen-bond acceptors (Lipinski definition) is 5. The van der Waals surface area contributed by atoms with Crippen molar-refractivity contribution in [3.63, 3.8) is 0 Å². The van der Waals surface area contributed by atoms with Crippen molar-refractivity contribution in [1.29, 1.82) is 0 Å². The molecule has 2 unspecified atom stereocenters. The minimum absolute atomic E-state index is 0.0131. The first-order valence-electron chi connectivity index (χ1n) is 39.4. The Kier molecular flexibility index (Phi) is 73.8. The van der Waals surface area contributed by atoms with E-state index in [-0.39, 0.29) is 18.5 Å². The number of nitrogens with one attached hydrogen (secondary N) is 1. The van der Waals surface area contributed by atoms with E-state index < -0.39 is 12.1 Å². The molecule has 6 heteroatoms. The molecule has 0 aliphatic heterocycles. The number of carbonyl (C=O) groups is 2. The molecule has 6 nitrogen and oxygen atoms in total. The SMILES string of the molecule is CCCCCC/C=C\CCCCCCCC(=O)OCCCCCCCCCCCCCCCCCCCCCCCCCCCCCCCCCCC(=O)NC(CO)C(O)CCCCCCCCCCCCCCCCCCCCCCCCC. The fourth-order valence-electron chi connectivity index (χ4n) is 12.8. The van der Waals surface area contributed by atoms with Crippen LogP contribution in [0.2, 0.25) is 0 Å². The molecule has 0 heterocycles. The third kappa shape index (κ3) is 71.6. The molecular weight excluding hydrogens is 1040 g/mol. The smallest absolute Gasteiger partial charge is 0.305 e. The maximum atomic E-state index is 12.6. The first kappa shape index (κ1) is 83.6. The number of hydrogen-bond donors (Lipinski definition) is 3. The highest BCUT2D eigenvalue weighted by molar-refractivity contribution is 5.76. The summed E-state index contributed by atoms with van der Waals surface area (Å²) in [4.78, 5) is 24.6. The van der Waals surface area contributed by atoms with Crippen molar-refractivity contribution < 1.29 is 24.5 Å². The Morgan fingerprint density at radius 3 is 0.847 bits per heavy atom. The Morgan fingerprint density at radius 1 is 0.318 bits per heavy atom. The van der Waals surface area contributed by atoms with Crippen LogP contribution in [-0.2, 0) is 14.3 Å². The van der Waals surface area contributed by atoms with E-state index in [1.54, 1.807) is 0 Å². The molecule has 0 aromatic rings. The van der Waals surface area contributed by atoms with E-state index in [1.807, 2.05) is 0 Å². The van der Waals surface area contributed by atoms with E-state index in [1.165, 1.54) is 379 Å². The standard InChI is InChI=1S/C79H155NO5/c1-3-5-7-9-11-13-15-17-18-19-20-21-32-35-38-41-44-48-51-55-59-63-67-71-77(82)76(75-81)80-78(83)72-68-64-60-56-52-49-45-42-39-36-33-30-28-26-24-22-23-25-27-29-31-34-37-40-43-46-50-54-58-62-66-70-74-85-79(84)73-69-65-61-57-53-47-16-14-12-10-8-6-4-2/h14,16,76-77,81-82H,3-13,15,17-75H2,1-2H3,(H,80,83)/b16-14-. The van der Waals surface area contributed by atoms with Gasteiger partial charge in [0.15, 0.2) is 0 Å². The van der Waals surface area contributed by atoms with Gasteiger partial charge in [-0.1, -0.05) is 405 Å². The highest BCUT2D eigenvalue weighted by Gasteiger charge is 2.20. The lowest BCUT2D eigenvalue weighted by molar-refractivity contribution is -0.143. The van der Waals surface area contributed by atoms with Gasteiger partial charge >= 0.3 is 5.97 Å². The van der Waals surface area contributed by atoms with Gasteiger partial charge in [0.05, 0.1) is 25.4 Å². The largest absolute Gasteiger partial charge is 0.466 e. The van der Waals surface area contributed by atoms with Crippen LogP contribution in [0, 0.1) is 0 Å². The maximum Gasteiger partial charge on any atom is 0.305 e. The summed E-state index contributed by atoms with van der Waals surface area (Å²) in [6.45, 7) is 4.99. The van der Waals surface area contributed by atoms with E-state index in [9.17, 15) is 19.8 Å². The number of aliphatic hydroxyl groups is 2. The van der Waals surface area contributed by atoms with E-state index in [2.05, 4.69) is 31.3 Å². The lowest BCUT2D eigenvalue weighted by Crippen LogP contribution is -2.45. The minimum Gasteiger partial charge on any atom is -0.466 e. The van der Waals surface area contributed by atoms with Crippen LogP contribution in [0.15, 0.2) is 12.2 Å². The number of unbranched alkanes of at least 4 members (excludes halogenated alkanes) is 62. The summed E-state index contributed by atoms with van der Waals surface area (Å²) in [6.07, 6.45) is 94.5. The van der Waals surface area contributed by atoms with Crippen molar-refractivity contribution in [3.05, 3.63) is 12.2 Å². The van der Waals surface area contributed by atoms with Crippen molar-refractivity contribution in [2.75, 3.05) is 13.2 Å². The van der Waals surface area contributed by atoms with Crippen LogP contribution in [0.1, 0.15) is 457 Å². The third-order valence-corrected chi connectivity index (χ3v) is 18.8. The van der Waals surface area contributed by atoms with Crippen LogP contribution in [0.3, 0.4) is 0 Å². The highest BCUT2D eigenvalue weighted by atomic mass is 16.5. The predicted molar refractivity (Wildman–Crippen MR) is 375 cm³/mol. The Bertz CT molecular complexity index is 1290. The number of aliphatic hydroxyl groups excluding tert-OH is 2. The van der Waals surface area contributed by atoms with Crippen LogP contribution in [0.5, 0.6) is 0 Å². The number of ether oxygens (including phenoxy) is 1. The third-order valence-electron chi connectivity index (χ3n) is 18.8. The second-order valence-corrected chi connectivity index (χ2v) is 27.4. The Morgan fingerprint density at radius 2 is 0.553 bits per heavy atom. The second-order valence-electron chi connectivity index (χ2n) is 27.4. The molecule has 85 heavy (non-hydrogen) atoms. The summed E-state index contributed by atoms with van der Waals surface area (Å²) >= 11 is 0. The first-order chi connectivity index (χ1) is 42.0. The minimum atomic E-state index is -0.662. The molecule has 0 aliphatic rings. The van der Waals surface area contributed by atoms with Crippen LogP contribution < -0.4 is 5.32 Å². The van der Waals surface area contributed by atoms with Crippen molar-refractivity contribution in [2.24, 2.45) is 0 Å². The normalized spacial score (nSPS) is 12.5. The molecule has 0 saturated carbocycles. The van der Waals surface area contributed by atoms with Gasteiger partial charge in [0.2, 0.25) is 5.91 Å². The van der Waals surface area contributed by atoms with Crippen LogP contribution in [0.4, 0.5) is 0 Å². The van der Waals surface area contributed by atoms with E-state index in [0.29, 0.717) is 25.9 Å². The van der Waals surface area contributed by atoms with Gasteiger partial charge in [-0.05, 0) is 51.4 Å². The summed E-state index contributed by atoms with van der Waals surface area (Å²) in [7, 11) is 0. The van der Waals surface area contributed by atoms with Crippen molar-refractivity contribution in [2.45, 2.75) is 469 Å². The molecule has 3 N–H and O–H groups in total. The zero-order chi connectivity index (χ0) is 61.3. The van der Waals surface area contributed by atoms with E-state index in [0.717, 1.165) is 44.9 Å². The second kappa shape index (κ2) is 75.1. The number of esters is 1. The number of amides is 1. The van der Waals surface area contributed by atoms with E-state index in [4.69, 9.17) is 4.74 Å². The molecular formula is C79H155NO5.